The van der Waals surface area contributed by atoms with Crippen LogP contribution < -0.4 is 16.0 Å². The van der Waals surface area contributed by atoms with Gasteiger partial charge in [-0.15, -0.1) is 0 Å². The largest absolute Gasteiger partial charge is 0.381 e. The number of halogens is 1. The van der Waals surface area contributed by atoms with Crippen LogP contribution in [0.15, 0.2) is 71.2 Å². The number of hydrogen-bond acceptors (Lipinski definition) is 5. The van der Waals surface area contributed by atoms with Gasteiger partial charge in [-0.2, -0.15) is 0 Å². The average molecular weight is 624 g/mol. The molecule has 3 aliphatic rings. The molecule has 3 aliphatic heterocycles. The summed E-state index contributed by atoms with van der Waals surface area (Å²) in [6.07, 6.45) is 8.13. The number of amides is 3. The molecule has 0 unspecified atom stereocenters. The van der Waals surface area contributed by atoms with E-state index >= 15 is 0 Å². The SMILES string of the molecule is O=C(CN1CC[C@H]2NC(=O)[C@H](Cc3ccccc3)NC(=O)C3(C/C=C/C[C@H]2C1)CCOCC3)Nc1ccc(Br)cc1. The normalized spacial score (nSPS) is 26.0. The summed E-state index contributed by atoms with van der Waals surface area (Å²) in [6.45, 7) is 2.79. The quantitative estimate of drug-likeness (QED) is 0.437. The molecule has 2 aromatic carbocycles. The van der Waals surface area contributed by atoms with Gasteiger partial charge in [0.25, 0.3) is 0 Å². The zero-order chi connectivity index (χ0) is 28.7. The number of likely N-dealkylation sites (tertiary alicyclic amines) is 1. The molecule has 5 rings (SSSR count). The van der Waals surface area contributed by atoms with E-state index in [1.165, 1.54) is 0 Å². The van der Waals surface area contributed by atoms with Crippen molar-refractivity contribution in [3.05, 3.63) is 76.8 Å². The van der Waals surface area contributed by atoms with Crippen LogP contribution in [0.4, 0.5) is 5.69 Å². The van der Waals surface area contributed by atoms with Gasteiger partial charge in [-0.1, -0.05) is 58.4 Å². The van der Waals surface area contributed by atoms with E-state index in [1.807, 2.05) is 54.6 Å². The smallest absolute Gasteiger partial charge is 0.243 e. The van der Waals surface area contributed by atoms with Crippen molar-refractivity contribution in [2.75, 3.05) is 38.2 Å². The Hall–Kier alpha value is -3.01. The maximum absolute atomic E-state index is 13.7. The summed E-state index contributed by atoms with van der Waals surface area (Å²) < 4.78 is 6.56. The highest BCUT2D eigenvalue weighted by Gasteiger charge is 2.41. The van der Waals surface area contributed by atoms with Crippen molar-refractivity contribution in [1.82, 2.24) is 15.5 Å². The lowest BCUT2D eigenvalue weighted by Crippen LogP contribution is -2.58. The van der Waals surface area contributed by atoms with Crippen LogP contribution in [0.1, 0.15) is 37.7 Å². The summed E-state index contributed by atoms with van der Waals surface area (Å²) in [4.78, 5) is 42.4. The molecule has 0 radical (unpaired) electrons. The first-order valence-electron chi connectivity index (χ1n) is 14.6. The summed E-state index contributed by atoms with van der Waals surface area (Å²) in [5, 5.41) is 9.42. The fraction of sp³-hybridized carbons (Fsp3) is 0.469. The lowest BCUT2D eigenvalue weighted by Gasteiger charge is -2.40. The topological polar surface area (TPSA) is 99.8 Å². The van der Waals surface area contributed by atoms with Gasteiger partial charge in [0.15, 0.2) is 0 Å². The minimum absolute atomic E-state index is 0.0374. The van der Waals surface area contributed by atoms with Crippen LogP contribution in [0.3, 0.4) is 0 Å². The second-order valence-corrected chi connectivity index (χ2v) is 12.4. The van der Waals surface area contributed by atoms with Crippen molar-refractivity contribution in [2.45, 2.75) is 50.6 Å². The molecule has 0 aromatic heterocycles. The molecule has 41 heavy (non-hydrogen) atoms. The molecule has 3 N–H and O–H groups in total. The molecule has 8 nitrogen and oxygen atoms in total. The zero-order valence-corrected chi connectivity index (χ0v) is 24.9. The monoisotopic (exact) mass is 622 g/mol. The van der Waals surface area contributed by atoms with Crippen molar-refractivity contribution >= 4 is 39.3 Å². The molecule has 2 saturated heterocycles. The number of carbonyl (C=O) groups is 3. The molecule has 0 bridgehead atoms. The highest BCUT2D eigenvalue weighted by molar-refractivity contribution is 9.10. The van der Waals surface area contributed by atoms with E-state index in [-0.39, 0.29) is 29.7 Å². The third-order valence-electron chi connectivity index (χ3n) is 8.59. The van der Waals surface area contributed by atoms with Crippen molar-refractivity contribution < 1.29 is 19.1 Å². The van der Waals surface area contributed by atoms with Gasteiger partial charge < -0.3 is 20.7 Å². The Morgan fingerprint density at radius 2 is 1.78 bits per heavy atom. The summed E-state index contributed by atoms with van der Waals surface area (Å²) in [7, 11) is 0. The number of fused-ring (bicyclic) bond motifs is 1. The Bertz CT molecular complexity index is 1230. The van der Waals surface area contributed by atoms with Gasteiger partial charge in [-0.05, 0) is 67.9 Å². The van der Waals surface area contributed by atoms with Gasteiger partial charge in [0, 0.05) is 48.9 Å². The van der Waals surface area contributed by atoms with Crippen molar-refractivity contribution in [1.29, 1.82) is 0 Å². The Balaban J connectivity index is 1.31. The van der Waals surface area contributed by atoms with Gasteiger partial charge in [-0.25, -0.2) is 0 Å². The van der Waals surface area contributed by atoms with Crippen LogP contribution in [0.5, 0.6) is 0 Å². The number of benzene rings is 2. The number of piperidine rings is 1. The number of nitrogens with one attached hydrogen (secondary N) is 3. The summed E-state index contributed by atoms with van der Waals surface area (Å²) in [5.74, 6) is -0.108. The molecule has 1 spiro atoms. The minimum Gasteiger partial charge on any atom is -0.381 e. The summed E-state index contributed by atoms with van der Waals surface area (Å²) in [5.41, 5.74) is 1.19. The standard InChI is InChI=1S/C32H39BrN4O4/c33-25-9-11-26(12-10-25)34-29(38)22-37-17-13-27-24(21-37)8-4-5-14-32(15-18-41-19-16-32)31(40)36-28(30(39)35-27)20-23-6-2-1-3-7-23/h1-7,9-12,24,27-28H,8,13-22H2,(H,34,38)(H,35,39)(H,36,40)/b5-4+/t24-,27+,28-/m0/s1. The van der Waals surface area contributed by atoms with Crippen LogP contribution in [0.2, 0.25) is 0 Å². The van der Waals surface area contributed by atoms with E-state index in [0.717, 1.165) is 28.6 Å². The van der Waals surface area contributed by atoms with E-state index in [9.17, 15) is 14.4 Å². The highest BCUT2D eigenvalue weighted by atomic mass is 79.9. The molecule has 0 aliphatic carbocycles. The Morgan fingerprint density at radius 3 is 2.54 bits per heavy atom. The molecule has 9 heteroatoms. The first-order chi connectivity index (χ1) is 19.9. The highest BCUT2D eigenvalue weighted by Crippen LogP contribution is 2.36. The number of allylic oxidation sites excluding steroid dienone is 2. The number of hydrogen-bond donors (Lipinski definition) is 3. The third kappa shape index (κ3) is 7.84. The van der Waals surface area contributed by atoms with E-state index < -0.39 is 11.5 Å². The molecule has 3 atom stereocenters. The molecule has 2 aromatic rings. The number of carbonyl (C=O) groups excluding carboxylic acids is 3. The minimum atomic E-state index is -0.664. The first-order valence-corrected chi connectivity index (χ1v) is 15.4. The molecular formula is C32H39BrN4O4. The summed E-state index contributed by atoms with van der Waals surface area (Å²) >= 11 is 3.42. The number of nitrogens with zero attached hydrogens (tertiary/aromatic N) is 1. The summed E-state index contributed by atoms with van der Waals surface area (Å²) in [6, 6.07) is 16.7. The van der Waals surface area contributed by atoms with Crippen LogP contribution in [-0.4, -0.2) is 67.6 Å². The van der Waals surface area contributed by atoms with E-state index in [1.54, 1.807) is 0 Å². The fourth-order valence-corrected chi connectivity index (χ4v) is 6.40. The Labute approximate surface area is 250 Å². The molecule has 218 valence electrons. The second-order valence-electron chi connectivity index (χ2n) is 11.5. The number of ether oxygens (including phenoxy) is 1. The van der Waals surface area contributed by atoms with Gasteiger partial charge in [0.2, 0.25) is 17.7 Å². The van der Waals surface area contributed by atoms with Gasteiger partial charge in [0.1, 0.15) is 6.04 Å². The number of rotatable bonds is 5. The van der Waals surface area contributed by atoms with E-state index in [0.29, 0.717) is 58.5 Å². The van der Waals surface area contributed by atoms with Crippen LogP contribution >= 0.6 is 15.9 Å². The molecular weight excluding hydrogens is 584 g/mol. The predicted octanol–water partition coefficient (Wildman–Crippen LogP) is 4.07. The Kier molecular flexibility index (Phi) is 9.90. The van der Waals surface area contributed by atoms with E-state index in [2.05, 4.69) is 48.9 Å². The number of anilines is 1. The van der Waals surface area contributed by atoms with E-state index in [4.69, 9.17) is 4.74 Å². The lowest BCUT2D eigenvalue weighted by molar-refractivity contribution is -0.140. The average Bonchev–Trinajstić information content (AvgIpc) is 2.98. The van der Waals surface area contributed by atoms with Gasteiger partial charge in [-0.3, -0.25) is 19.3 Å². The first kappa shape index (κ1) is 29.5. The molecule has 3 amide bonds. The lowest BCUT2D eigenvalue weighted by atomic mass is 9.75. The fourth-order valence-electron chi connectivity index (χ4n) is 6.14. The molecule has 2 fully saturated rings. The second kappa shape index (κ2) is 13.8. The van der Waals surface area contributed by atoms with Gasteiger partial charge >= 0.3 is 0 Å². The van der Waals surface area contributed by atoms with Crippen LogP contribution in [0, 0.1) is 11.3 Å². The van der Waals surface area contributed by atoms with Crippen LogP contribution in [-0.2, 0) is 25.5 Å². The van der Waals surface area contributed by atoms with Crippen molar-refractivity contribution in [3.8, 4) is 0 Å². The maximum Gasteiger partial charge on any atom is 0.243 e. The zero-order valence-electron chi connectivity index (χ0n) is 23.3. The third-order valence-corrected chi connectivity index (χ3v) is 9.12. The Morgan fingerprint density at radius 1 is 1.02 bits per heavy atom. The maximum atomic E-state index is 13.7. The van der Waals surface area contributed by atoms with Crippen molar-refractivity contribution in [2.24, 2.45) is 11.3 Å². The molecule has 0 saturated carbocycles. The van der Waals surface area contributed by atoms with Crippen LogP contribution in [0.25, 0.3) is 0 Å². The molecule has 3 heterocycles. The predicted molar refractivity (Wildman–Crippen MR) is 162 cm³/mol. The van der Waals surface area contributed by atoms with Crippen molar-refractivity contribution in [3.63, 3.8) is 0 Å². The van der Waals surface area contributed by atoms with Gasteiger partial charge in [0.05, 0.1) is 12.0 Å².